The van der Waals surface area contributed by atoms with Crippen molar-refractivity contribution in [1.82, 2.24) is 15.6 Å². The van der Waals surface area contributed by atoms with E-state index in [9.17, 15) is 22.8 Å². The second-order valence-corrected chi connectivity index (χ2v) is 5.72. The highest BCUT2D eigenvalue weighted by atomic mass is 19.4. The first-order valence-electron chi connectivity index (χ1n) is 7.16. The first-order chi connectivity index (χ1) is 10.8. The van der Waals surface area contributed by atoms with Gasteiger partial charge in [0.1, 0.15) is 12.2 Å². The molecular formula is C14H15F3N4O2. The fourth-order valence-electron chi connectivity index (χ4n) is 3.05. The lowest BCUT2D eigenvalue weighted by atomic mass is 9.88. The number of carbonyl (C=O) groups excluding carboxylic acids is 2. The molecule has 9 heteroatoms. The van der Waals surface area contributed by atoms with Gasteiger partial charge >= 0.3 is 12.2 Å². The first kappa shape index (κ1) is 15.7. The predicted octanol–water partition coefficient (Wildman–Crippen LogP) is 1.70. The molecule has 2 aliphatic rings. The Kier molecular flexibility index (Phi) is 3.75. The number of rotatable bonds is 1. The Bertz CT molecular complexity index is 649. The van der Waals surface area contributed by atoms with Crippen LogP contribution in [-0.4, -0.2) is 35.3 Å². The van der Waals surface area contributed by atoms with Crippen LogP contribution < -0.4 is 15.5 Å². The number of piperidine rings is 1. The maximum absolute atomic E-state index is 13.0. The van der Waals surface area contributed by atoms with Gasteiger partial charge in [0.2, 0.25) is 5.91 Å². The lowest BCUT2D eigenvalue weighted by molar-refractivity contribution is -0.168. The normalized spacial score (nSPS) is 28.3. The van der Waals surface area contributed by atoms with Crippen molar-refractivity contribution in [2.24, 2.45) is 5.92 Å². The summed E-state index contributed by atoms with van der Waals surface area (Å²) < 4.78 is 39.1. The molecule has 0 aliphatic carbocycles. The molecule has 2 saturated heterocycles. The molecular weight excluding hydrogens is 313 g/mol. The molecule has 3 atom stereocenters. The van der Waals surface area contributed by atoms with Crippen molar-refractivity contribution in [3.63, 3.8) is 0 Å². The molecule has 3 unspecified atom stereocenters. The lowest BCUT2D eigenvalue weighted by Gasteiger charge is -2.46. The minimum Gasteiger partial charge on any atom is -0.285 e. The molecule has 0 saturated carbocycles. The molecule has 23 heavy (non-hydrogen) atoms. The van der Waals surface area contributed by atoms with E-state index < -0.39 is 36.2 Å². The summed E-state index contributed by atoms with van der Waals surface area (Å²) in [5.74, 6) is -1.28. The van der Waals surface area contributed by atoms with Crippen molar-refractivity contribution in [3.05, 3.63) is 24.0 Å². The van der Waals surface area contributed by atoms with Crippen molar-refractivity contribution in [1.29, 1.82) is 0 Å². The number of alkyl halides is 3. The zero-order chi connectivity index (χ0) is 16.8. The van der Waals surface area contributed by atoms with E-state index >= 15 is 0 Å². The van der Waals surface area contributed by atoms with E-state index in [1.165, 1.54) is 12.4 Å². The molecule has 0 spiro atoms. The van der Waals surface area contributed by atoms with Crippen LogP contribution in [0.4, 0.5) is 23.7 Å². The number of hydrogen-bond acceptors (Lipinski definition) is 4. The van der Waals surface area contributed by atoms with E-state index in [-0.39, 0.29) is 12.8 Å². The number of nitrogens with zero attached hydrogens (tertiary/aromatic N) is 2. The molecule has 2 N–H and O–H groups in total. The Labute approximate surface area is 130 Å². The van der Waals surface area contributed by atoms with Crippen molar-refractivity contribution in [2.45, 2.75) is 38.1 Å². The number of nitrogens with one attached hydrogen (secondary N) is 2. The number of halogens is 3. The Morgan fingerprint density at radius 2 is 2.04 bits per heavy atom. The topological polar surface area (TPSA) is 74.3 Å². The van der Waals surface area contributed by atoms with Crippen LogP contribution in [0.3, 0.4) is 0 Å². The number of urea groups is 1. The first-order valence-corrected chi connectivity index (χ1v) is 7.16. The summed E-state index contributed by atoms with van der Waals surface area (Å²) in [7, 11) is 0. The number of carbonyl (C=O) groups is 2. The number of aromatic nitrogens is 1. The molecule has 0 bridgehead atoms. The average molecular weight is 328 g/mol. The number of amides is 3. The summed E-state index contributed by atoms with van der Waals surface area (Å²) in [5, 5.41) is 4.63. The summed E-state index contributed by atoms with van der Waals surface area (Å²) in [6.45, 7) is 1.72. The number of imide groups is 1. The fraction of sp³-hybridized carbons (Fsp3) is 0.500. The van der Waals surface area contributed by atoms with Gasteiger partial charge in [-0.25, -0.2) is 4.79 Å². The maximum atomic E-state index is 13.0. The monoisotopic (exact) mass is 328 g/mol. The highest BCUT2D eigenvalue weighted by Crippen LogP contribution is 2.35. The second-order valence-electron chi connectivity index (χ2n) is 5.72. The third-order valence-electron chi connectivity index (χ3n) is 4.25. The zero-order valence-electron chi connectivity index (χ0n) is 12.2. The molecule has 124 valence electrons. The molecule has 3 rings (SSSR count). The molecule has 3 heterocycles. The molecule has 0 aromatic carbocycles. The van der Waals surface area contributed by atoms with Gasteiger partial charge in [-0.2, -0.15) is 13.2 Å². The molecule has 6 nitrogen and oxygen atoms in total. The fourth-order valence-corrected chi connectivity index (χ4v) is 3.05. The van der Waals surface area contributed by atoms with E-state index in [0.717, 1.165) is 4.90 Å². The lowest BCUT2D eigenvalue weighted by Crippen LogP contribution is -2.70. The molecule has 1 aromatic heterocycles. The van der Waals surface area contributed by atoms with Gasteiger partial charge in [0, 0.05) is 6.20 Å². The van der Waals surface area contributed by atoms with Gasteiger partial charge < -0.3 is 0 Å². The van der Waals surface area contributed by atoms with Crippen LogP contribution in [0.2, 0.25) is 0 Å². The van der Waals surface area contributed by atoms with Gasteiger partial charge in [-0.05, 0) is 31.4 Å². The smallest absolute Gasteiger partial charge is 0.285 e. The van der Waals surface area contributed by atoms with Gasteiger partial charge in [0.25, 0.3) is 0 Å². The Hall–Kier alpha value is -2.16. The Morgan fingerprint density at radius 1 is 1.30 bits per heavy atom. The summed E-state index contributed by atoms with van der Waals surface area (Å²) in [5.41, 5.74) is 1.06. The molecule has 2 fully saturated rings. The highest BCUT2D eigenvalue weighted by Gasteiger charge is 2.51. The van der Waals surface area contributed by atoms with Crippen LogP contribution in [-0.2, 0) is 4.79 Å². The predicted molar refractivity (Wildman–Crippen MR) is 74.5 cm³/mol. The number of pyridine rings is 1. The SMILES string of the molecule is Cc1ccncc1N1C(=O)NC(=O)C2CCC(C(F)(F)F)NC21. The van der Waals surface area contributed by atoms with Gasteiger partial charge in [0.15, 0.2) is 0 Å². The summed E-state index contributed by atoms with van der Waals surface area (Å²) >= 11 is 0. The average Bonchev–Trinajstić information content (AvgIpc) is 2.47. The standard InChI is InChI=1S/C14H15F3N4O2/c1-7-4-5-18-6-9(7)21-11-8(12(22)20-13(21)23)2-3-10(19-11)14(15,16)17/h4-6,8,10-11,19H,2-3H2,1H3,(H,20,22,23). The van der Waals surface area contributed by atoms with Crippen molar-refractivity contribution in [3.8, 4) is 0 Å². The quantitative estimate of drug-likeness (QED) is 0.823. The zero-order valence-corrected chi connectivity index (χ0v) is 12.2. The van der Waals surface area contributed by atoms with Gasteiger partial charge in [-0.15, -0.1) is 0 Å². The number of hydrogen-bond donors (Lipinski definition) is 2. The largest absolute Gasteiger partial charge is 0.403 e. The van der Waals surface area contributed by atoms with Crippen LogP contribution in [0.25, 0.3) is 0 Å². The third kappa shape index (κ3) is 2.76. The molecule has 2 aliphatic heterocycles. The molecule has 3 amide bonds. The van der Waals surface area contributed by atoms with E-state index in [0.29, 0.717) is 11.3 Å². The molecule has 1 aromatic rings. The highest BCUT2D eigenvalue weighted by molar-refractivity contribution is 6.07. The van der Waals surface area contributed by atoms with Crippen LogP contribution in [0.5, 0.6) is 0 Å². The maximum Gasteiger partial charge on any atom is 0.403 e. The molecule has 0 radical (unpaired) electrons. The van der Waals surface area contributed by atoms with E-state index in [2.05, 4.69) is 15.6 Å². The number of aryl methyl sites for hydroxylation is 1. The van der Waals surface area contributed by atoms with Crippen LogP contribution in [0.15, 0.2) is 18.5 Å². The Morgan fingerprint density at radius 3 is 2.70 bits per heavy atom. The summed E-state index contributed by atoms with van der Waals surface area (Å²) in [6.07, 6.45) is -2.70. The van der Waals surface area contributed by atoms with E-state index in [1.807, 2.05) is 0 Å². The third-order valence-corrected chi connectivity index (χ3v) is 4.25. The summed E-state index contributed by atoms with van der Waals surface area (Å²) in [4.78, 5) is 29.3. The van der Waals surface area contributed by atoms with Crippen LogP contribution >= 0.6 is 0 Å². The number of anilines is 1. The van der Waals surface area contributed by atoms with Crippen molar-refractivity contribution >= 4 is 17.6 Å². The Balaban J connectivity index is 1.98. The summed E-state index contributed by atoms with van der Waals surface area (Å²) in [6, 6.07) is -0.845. The van der Waals surface area contributed by atoms with E-state index in [1.54, 1.807) is 13.0 Å². The van der Waals surface area contributed by atoms with Crippen molar-refractivity contribution < 1.29 is 22.8 Å². The van der Waals surface area contributed by atoms with Crippen LogP contribution in [0, 0.1) is 12.8 Å². The van der Waals surface area contributed by atoms with Crippen LogP contribution in [0.1, 0.15) is 18.4 Å². The number of fused-ring (bicyclic) bond motifs is 1. The van der Waals surface area contributed by atoms with E-state index in [4.69, 9.17) is 0 Å². The van der Waals surface area contributed by atoms with Crippen molar-refractivity contribution in [2.75, 3.05) is 4.90 Å². The minimum absolute atomic E-state index is 0.0523. The van der Waals surface area contributed by atoms with Gasteiger partial charge in [0.05, 0.1) is 17.8 Å². The van der Waals surface area contributed by atoms with Gasteiger partial charge in [-0.3, -0.25) is 25.3 Å². The van der Waals surface area contributed by atoms with Gasteiger partial charge in [-0.1, -0.05) is 0 Å². The second kappa shape index (κ2) is 5.48. The minimum atomic E-state index is -4.43.